The maximum atomic E-state index is 11.5. The Morgan fingerprint density at radius 1 is 0.679 bits per heavy atom. The van der Waals surface area contributed by atoms with Gasteiger partial charge >= 0.3 is 0 Å². The van der Waals surface area contributed by atoms with Crippen LogP contribution in [0.4, 0.5) is 0 Å². The van der Waals surface area contributed by atoms with E-state index in [0.717, 1.165) is 31.8 Å². The van der Waals surface area contributed by atoms with E-state index < -0.39 is 10.1 Å². The lowest BCUT2D eigenvalue weighted by molar-refractivity contribution is 0.474. The van der Waals surface area contributed by atoms with Crippen molar-refractivity contribution in [3.8, 4) is 5.75 Å². The van der Waals surface area contributed by atoms with Crippen LogP contribution in [0.25, 0.3) is 32.3 Å². The van der Waals surface area contributed by atoms with Crippen molar-refractivity contribution in [1.29, 1.82) is 0 Å². The molecule has 0 aliphatic carbocycles. The first kappa shape index (κ1) is 18.6. The third-order valence-corrected chi connectivity index (χ3v) is 5.83. The fourth-order valence-corrected chi connectivity index (χ4v) is 4.22. The standard InChI is InChI=1S/C16H10O3S.C6H6OS/c17-20(18,19)14-9-7-12-5-4-10-2-1-3-11-6-8-13(14)16(12)15(10)11;7-5-1-3-6(8)4-2-5/h1-9H,(H,17,18,19);1-4,7-8H. The van der Waals surface area contributed by atoms with E-state index in [4.69, 9.17) is 5.11 Å². The van der Waals surface area contributed by atoms with Gasteiger partial charge in [0.1, 0.15) is 10.6 Å². The first-order valence-corrected chi connectivity index (χ1v) is 10.4. The summed E-state index contributed by atoms with van der Waals surface area (Å²) >= 11 is 4.02. The van der Waals surface area contributed by atoms with Gasteiger partial charge in [0.15, 0.2) is 0 Å². The Morgan fingerprint density at radius 2 is 1.21 bits per heavy atom. The molecule has 0 aromatic heterocycles. The molecule has 5 aromatic carbocycles. The van der Waals surface area contributed by atoms with E-state index in [1.165, 1.54) is 6.07 Å². The Kier molecular flexibility index (Phi) is 4.63. The van der Waals surface area contributed by atoms with Gasteiger partial charge in [-0.1, -0.05) is 48.5 Å². The number of phenols is 1. The van der Waals surface area contributed by atoms with E-state index in [9.17, 15) is 13.0 Å². The summed E-state index contributed by atoms with van der Waals surface area (Å²) in [5.74, 6) is 0.280. The van der Waals surface area contributed by atoms with Crippen LogP contribution in [-0.2, 0) is 10.1 Å². The first-order valence-electron chi connectivity index (χ1n) is 8.46. The molecule has 2 N–H and O–H groups in total. The molecule has 28 heavy (non-hydrogen) atoms. The Labute approximate surface area is 167 Å². The highest BCUT2D eigenvalue weighted by Gasteiger charge is 2.17. The molecule has 5 aromatic rings. The monoisotopic (exact) mass is 408 g/mol. The van der Waals surface area contributed by atoms with Crippen LogP contribution < -0.4 is 0 Å². The molecule has 0 aliphatic heterocycles. The van der Waals surface area contributed by atoms with Crippen molar-refractivity contribution in [2.24, 2.45) is 0 Å². The van der Waals surface area contributed by atoms with Gasteiger partial charge in [0.2, 0.25) is 0 Å². The molecule has 0 fully saturated rings. The van der Waals surface area contributed by atoms with E-state index in [-0.39, 0.29) is 10.6 Å². The molecule has 140 valence electrons. The molecule has 0 atom stereocenters. The highest BCUT2D eigenvalue weighted by Crippen LogP contribution is 2.36. The molecule has 5 rings (SSSR count). The molecule has 0 aliphatic rings. The van der Waals surface area contributed by atoms with Crippen molar-refractivity contribution in [3.05, 3.63) is 78.9 Å². The summed E-state index contributed by atoms with van der Waals surface area (Å²) in [4.78, 5) is 0.825. The first-order chi connectivity index (χ1) is 13.3. The van der Waals surface area contributed by atoms with Crippen LogP contribution in [0.2, 0.25) is 0 Å². The average molecular weight is 409 g/mol. The third kappa shape index (κ3) is 3.38. The molecular weight excluding hydrogens is 392 g/mol. The van der Waals surface area contributed by atoms with E-state index >= 15 is 0 Å². The second-order valence-electron chi connectivity index (χ2n) is 6.41. The molecule has 0 spiro atoms. The quantitative estimate of drug-likeness (QED) is 0.194. The van der Waals surface area contributed by atoms with Gasteiger partial charge in [0.05, 0.1) is 0 Å². The van der Waals surface area contributed by atoms with E-state index in [1.54, 1.807) is 36.4 Å². The molecule has 6 heteroatoms. The topological polar surface area (TPSA) is 74.6 Å². The zero-order valence-corrected chi connectivity index (χ0v) is 16.3. The van der Waals surface area contributed by atoms with Crippen molar-refractivity contribution in [3.63, 3.8) is 0 Å². The zero-order chi connectivity index (χ0) is 19.9. The minimum atomic E-state index is -4.23. The Morgan fingerprint density at radius 3 is 1.79 bits per heavy atom. The SMILES string of the molecule is O=S(=O)(O)c1ccc2ccc3cccc4ccc1c2c34.Oc1ccc(S)cc1. The average Bonchev–Trinajstić information content (AvgIpc) is 2.68. The highest BCUT2D eigenvalue weighted by molar-refractivity contribution is 7.86. The highest BCUT2D eigenvalue weighted by atomic mass is 32.2. The second kappa shape index (κ2) is 6.98. The van der Waals surface area contributed by atoms with E-state index in [0.29, 0.717) is 5.39 Å². The van der Waals surface area contributed by atoms with Crippen molar-refractivity contribution in [2.45, 2.75) is 9.79 Å². The van der Waals surface area contributed by atoms with Crippen LogP contribution >= 0.6 is 12.6 Å². The van der Waals surface area contributed by atoms with Crippen molar-refractivity contribution >= 4 is 55.1 Å². The van der Waals surface area contributed by atoms with Gasteiger partial charge in [-0.2, -0.15) is 8.42 Å². The number of rotatable bonds is 1. The molecule has 0 amide bonds. The normalized spacial score (nSPS) is 11.6. The van der Waals surface area contributed by atoms with Crippen LogP contribution in [0.3, 0.4) is 0 Å². The molecule has 0 heterocycles. The lowest BCUT2D eigenvalue weighted by Crippen LogP contribution is -1.99. The molecule has 0 saturated heterocycles. The Hall–Kier alpha value is -2.80. The zero-order valence-electron chi connectivity index (χ0n) is 14.6. The summed E-state index contributed by atoms with van der Waals surface area (Å²) in [6, 6.07) is 23.5. The summed E-state index contributed by atoms with van der Waals surface area (Å²) < 4.78 is 32.5. The van der Waals surface area contributed by atoms with Gasteiger partial charge in [0, 0.05) is 10.3 Å². The molecule has 0 saturated carbocycles. The molecule has 4 nitrogen and oxygen atoms in total. The molecule has 0 unspecified atom stereocenters. The summed E-state index contributed by atoms with van der Waals surface area (Å²) in [6.45, 7) is 0. The molecular formula is C22H16O4S2. The van der Waals surface area contributed by atoms with Gasteiger partial charge in [-0.05, 0) is 57.3 Å². The smallest absolute Gasteiger partial charge is 0.295 e. The molecule has 0 bridgehead atoms. The van der Waals surface area contributed by atoms with E-state index in [2.05, 4.69) is 12.6 Å². The third-order valence-electron chi connectivity index (χ3n) is 4.62. The number of benzene rings is 5. The number of thiol groups is 1. The van der Waals surface area contributed by atoms with Crippen molar-refractivity contribution in [2.75, 3.05) is 0 Å². The van der Waals surface area contributed by atoms with E-state index in [1.807, 2.05) is 36.4 Å². The van der Waals surface area contributed by atoms with Gasteiger partial charge in [-0.15, -0.1) is 12.6 Å². The summed E-state index contributed by atoms with van der Waals surface area (Å²) in [6.07, 6.45) is 0. The van der Waals surface area contributed by atoms with Crippen molar-refractivity contribution < 1.29 is 18.1 Å². The van der Waals surface area contributed by atoms with Crippen LogP contribution in [-0.4, -0.2) is 18.1 Å². The van der Waals surface area contributed by atoms with Gasteiger partial charge in [-0.25, -0.2) is 0 Å². The molecule has 0 radical (unpaired) electrons. The fraction of sp³-hybridized carbons (Fsp3) is 0. The van der Waals surface area contributed by atoms with Gasteiger partial charge in [0.25, 0.3) is 10.1 Å². The lowest BCUT2D eigenvalue weighted by Gasteiger charge is -2.12. The largest absolute Gasteiger partial charge is 0.508 e. The summed E-state index contributed by atoms with van der Waals surface area (Å²) in [5.41, 5.74) is 0. The van der Waals surface area contributed by atoms with Gasteiger partial charge < -0.3 is 5.11 Å². The predicted octanol–water partition coefficient (Wildman–Crippen LogP) is 5.51. The predicted molar refractivity (Wildman–Crippen MR) is 115 cm³/mol. The lowest BCUT2D eigenvalue weighted by atomic mass is 9.94. The maximum Gasteiger partial charge on any atom is 0.295 e. The van der Waals surface area contributed by atoms with Gasteiger partial charge in [-0.3, -0.25) is 4.55 Å². The summed E-state index contributed by atoms with van der Waals surface area (Å²) in [7, 11) is -4.23. The van der Waals surface area contributed by atoms with Crippen LogP contribution in [0.1, 0.15) is 0 Å². The summed E-state index contributed by atoms with van der Waals surface area (Å²) in [5, 5.41) is 14.3. The minimum absolute atomic E-state index is 0.0387. The second-order valence-corrected chi connectivity index (χ2v) is 8.32. The Bertz CT molecular complexity index is 1350. The number of hydrogen-bond donors (Lipinski definition) is 3. The number of phenolic OH excluding ortho intramolecular Hbond substituents is 1. The van der Waals surface area contributed by atoms with Crippen LogP contribution in [0, 0.1) is 0 Å². The Balaban J connectivity index is 0.000000203. The van der Waals surface area contributed by atoms with Crippen molar-refractivity contribution in [1.82, 2.24) is 0 Å². The fourth-order valence-electron chi connectivity index (χ4n) is 3.39. The van der Waals surface area contributed by atoms with Crippen LogP contribution in [0.5, 0.6) is 5.75 Å². The minimum Gasteiger partial charge on any atom is -0.508 e. The maximum absolute atomic E-state index is 11.5. The van der Waals surface area contributed by atoms with Crippen LogP contribution in [0.15, 0.2) is 88.7 Å². The number of hydrogen-bond acceptors (Lipinski definition) is 4. The number of aromatic hydroxyl groups is 1.